The van der Waals surface area contributed by atoms with Gasteiger partial charge in [-0.1, -0.05) is 0 Å². The highest BCUT2D eigenvalue weighted by molar-refractivity contribution is 5.72. The second kappa shape index (κ2) is 16.3. The molecule has 28 heavy (non-hydrogen) atoms. The molecule has 12 heteroatoms. The maximum Gasteiger partial charge on any atom is 0.314 e. The molecule has 2 saturated heterocycles. The average molecular weight is 415 g/mol. The summed E-state index contributed by atoms with van der Waals surface area (Å²) in [7, 11) is 8.30. The van der Waals surface area contributed by atoms with Gasteiger partial charge in [0, 0.05) is 38.3 Å². The van der Waals surface area contributed by atoms with Gasteiger partial charge < -0.3 is 53.0 Å². The molecule has 0 saturated carbocycles. The minimum atomic E-state index is -0.285. The van der Waals surface area contributed by atoms with Crippen molar-refractivity contribution in [3.8, 4) is 0 Å². The minimum Gasteiger partial charge on any atom is -0.412 e. The second-order valence-electron chi connectivity index (χ2n) is 7.04. The van der Waals surface area contributed by atoms with Crippen LogP contribution in [0.15, 0.2) is 0 Å². The summed E-state index contributed by atoms with van der Waals surface area (Å²) in [5.41, 5.74) is 10.3. The summed E-state index contributed by atoms with van der Waals surface area (Å²) in [6.45, 7) is 3.22. The zero-order chi connectivity index (χ0) is 18.3. The number of hydrogen-bond acceptors (Lipinski definition) is 4. The lowest BCUT2D eigenvalue weighted by molar-refractivity contribution is 0.153. The van der Waals surface area contributed by atoms with Crippen molar-refractivity contribution in [2.45, 2.75) is 37.8 Å². The van der Waals surface area contributed by atoms with Crippen LogP contribution in [0.2, 0.25) is 0 Å². The molecule has 0 bridgehead atoms. The highest BCUT2D eigenvalue weighted by Crippen LogP contribution is 2.14. The topological polar surface area (TPSA) is 225 Å². The highest BCUT2D eigenvalue weighted by atomic mass is 16.2. The average Bonchev–Trinajstić information content (AvgIpc) is 2.55. The van der Waals surface area contributed by atoms with Gasteiger partial charge in [-0.15, -0.1) is 0 Å². The number of primary amides is 2. The lowest BCUT2D eigenvalue weighted by Gasteiger charge is -2.34. The number of nitrogens with zero attached hydrogens (tertiary/aromatic N) is 4. The van der Waals surface area contributed by atoms with Crippen molar-refractivity contribution < 1.29 is 31.5 Å². The Balaban J connectivity index is -0.000000180. The van der Waals surface area contributed by atoms with Gasteiger partial charge in [0.15, 0.2) is 0 Å². The fourth-order valence-electron chi connectivity index (χ4n) is 3.21. The fraction of sp³-hybridized carbons (Fsp3) is 0.875. The van der Waals surface area contributed by atoms with Crippen LogP contribution in [-0.4, -0.2) is 120 Å². The van der Waals surface area contributed by atoms with Crippen LogP contribution in [0, 0.1) is 0 Å². The summed E-state index contributed by atoms with van der Waals surface area (Å²) in [6.07, 6.45) is 4.15. The maximum atomic E-state index is 10.8. The quantitative estimate of drug-likeness (QED) is 0.478. The normalized spacial score (nSPS) is 17.2. The molecular formula is C16H42N6O6. The lowest BCUT2D eigenvalue weighted by Crippen LogP contribution is -2.46. The number of amides is 4. The number of rotatable bonds is 2. The van der Waals surface area contributed by atoms with E-state index in [9.17, 15) is 9.59 Å². The van der Waals surface area contributed by atoms with E-state index in [1.54, 1.807) is 9.80 Å². The van der Waals surface area contributed by atoms with Crippen molar-refractivity contribution >= 4 is 12.1 Å². The van der Waals surface area contributed by atoms with Crippen molar-refractivity contribution in [3.63, 3.8) is 0 Å². The van der Waals surface area contributed by atoms with Crippen LogP contribution in [0.4, 0.5) is 9.59 Å². The van der Waals surface area contributed by atoms with E-state index < -0.39 is 0 Å². The molecule has 0 aliphatic carbocycles. The summed E-state index contributed by atoms with van der Waals surface area (Å²) in [5.74, 6) is 0. The molecule has 0 atom stereocenters. The first-order valence-electron chi connectivity index (χ1n) is 8.64. The smallest absolute Gasteiger partial charge is 0.314 e. The molecule has 2 fully saturated rings. The third-order valence-corrected chi connectivity index (χ3v) is 5.01. The molecule has 2 rings (SSSR count). The molecule has 4 amide bonds. The number of carbonyl (C=O) groups is 2. The molecule has 0 spiro atoms. The van der Waals surface area contributed by atoms with Gasteiger partial charge in [-0.2, -0.15) is 0 Å². The van der Waals surface area contributed by atoms with Crippen LogP contribution < -0.4 is 11.5 Å². The summed E-state index contributed by atoms with van der Waals surface area (Å²) in [5, 5.41) is 0. The molecule has 172 valence electrons. The van der Waals surface area contributed by atoms with E-state index in [1.807, 2.05) is 0 Å². The van der Waals surface area contributed by atoms with Gasteiger partial charge in [0.1, 0.15) is 0 Å². The molecule has 0 radical (unpaired) electrons. The monoisotopic (exact) mass is 414 g/mol. The van der Waals surface area contributed by atoms with E-state index in [1.165, 1.54) is 0 Å². The number of piperidine rings is 2. The Labute approximate surface area is 167 Å². The van der Waals surface area contributed by atoms with Crippen molar-refractivity contribution in [1.29, 1.82) is 0 Å². The van der Waals surface area contributed by atoms with E-state index in [4.69, 9.17) is 11.5 Å². The molecule has 0 aromatic heterocycles. The van der Waals surface area contributed by atoms with Gasteiger partial charge in [-0.05, 0) is 53.9 Å². The Kier molecular flexibility index (Phi) is 19.7. The minimum absolute atomic E-state index is 0. The van der Waals surface area contributed by atoms with E-state index in [0.29, 0.717) is 12.1 Å². The van der Waals surface area contributed by atoms with Crippen molar-refractivity contribution in [3.05, 3.63) is 0 Å². The van der Waals surface area contributed by atoms with Crippen LogP contribution >= 0.6 is 0 Å². The van der Waals surface area contributed by atoms with Gasteiger partial charge in [0.05, 0.1) is 0 Å². The van der Waals surface area contributed by atoms with Gasteiger partial charge in [0.25, 0.3) is 0 Å². The standard InChI is InChI=1S/2C8H17N3O.4H2O/c2*1-10(2)7-3-5-11(6-4-7)8(9)12;;;;/h2*7H,3-6H2,1-2H3,(H2,9,12);4*1H2. The van der Waals surface area contributed by atoms with Gasteiger partial charge in [0.2, 0.25) is 0 Å². The molecule has 12 N–H and O–H groups in total. The number of hydrogen-bond donors (Lipinski definition) is 2. The SMILES string of the molecule is CN(C)C1CCN(C(N)=O)CC1.CN(C)C1CCN(C(N)=O)CC1.O.O.O.O. The third kappa shape index (κ3) is 11.2. The van der Waals surface area contributed by atoms with Gasteiger partial charge in [-0.3, -0.25) is 0 Å². The molecule has 0 aromatic carbocycles. The predicted molar refractivity (Wildman–Crippen MR) is 110 cm³/mol. The lowest BCUT2D eigenvalue weighted by atomic mass is 10.0. The summed E-state index contributed by atoms with van der Waals surface area (Å²) >= 11 is 0. The van der Waals surface area contributed by atoms with Gasteiger partial charge >= 0.3 is 12.1 Å². The van der Waals surface area contributed by atoms with E-state index in [0.717, 1.165) is 51.9 Å². The Morgan fingerprint density at radius 3 is 1.00 bits per heavy atom. The Morgan fingerprint density at radius 1 is 0.643 bits per heavy atom. The number of likely N-dealkylation sites (tertiary alicyclic amines) is 2. The highest BCUT2D eigenvalue weighted by Gasteiger charge is 2.22. The number of carbonyl (C=O) groups excluding carboxylic acids is 2. The van der Waals surface area contributed by atoms with Crippen LogP contribution in [0.1, 0.15) is 25.7 Å². The largest absolute Gasteiger partial charge is 0.412 e. The Hall–Kier alpha value is -1.70. The first-order valence-corrected chi connectivity index (χ1v) is 8.64. The fourth-order valence-corrected chi connectivity index (χ4v) is 3.21. The zero-order valence-corrected chi connectivity index (χ0v) is 17.6. The molecule has 0 unspecified atom stereocenters. The first kappa shape index (κ1) is 33.9. The maximum absolute atomic E-state index is 10.8. The molecule has 0 aromatic rings. The zero-order valence-electron chi connectivity index (χ0n) is 17.6. The van der Waals surface area contributed by atoms with Gasteiger partial charge in [-0.25, -0.2) is 9.59 Å². The Morgan fingerprint density at radius 2 is 0.857 bits per heavy atom. The van der Waals surface area contributed by atoms with E-state index >= 15 is 0 Å². The number of urea groups is 2. The first-order chi connectivity index (χ1) is 11.2. The van der Waals surface area contributed by atoms with Crippen LogP contribution in [-0.2, 0) is 0 Å². The predicted octanol–water partition coefficient (Wildman–Crippen LogP) is -3.12. The molecule has 2 aliphatic heterocycles. The van der Waals surface area contributed by atoms with Crippen molar-refractivity contribution in [2.24, 2.45) is 11.5 Å². The molecule has 12 nitrogen and oxygen atoms in total. The van der Waals surface area contributed by atoms with Crippen LogP contribution in [0.25, 0.3) is 0 Å². The van der Waals surface area contributed by atoms with E-state index in [2.05, 4.69) is 38.0 Å². The summed E-state index contributed by atoms with van der Waals surface area (Å²) in [4.78, 5) is 29.4. The van der Waals surface area contributed by atoms with Crippen LogP contribution in [0.5, 0.6) is 0 Å². The van der Waals surface area contributed by atoms with Crippen molar-refractivity contribution in [2.75, 3.05) is 54.4 Å². The molecule has 2 aliphatic rings. The molecular weight excluding hydrogens is 372 g/mol. The van der Waals surface area contributed by atoms with E-state index in [-0.39, 0.29) is 34.0 Å². The molecule has 2 heterocycles. The summed E-state index contributed by atoms with van der Waals surface area (Å²) < 4.78 is 0. The third-order valence-electron chi connectivity index (χ3n) is 5.01. The van der Waals surface area contributed by atoms with Crippen molar-refractivity contribution in [1.82, 2.24) is 19.6 Å². The second-order valence-corrected chi connectivity index (χ2v) is 7.04. The number of nitrogens with two attached hydrogens (primary N) is 2. The Bertz CT molecular complexity index is 372. The van der Waals surface area contributed by atoms with Crippen LogP contribution in [0.3, 0.4) is 0 Å². The summed E-state index contributed by atoms with van der Waals surface area (Å²) in [6, 6.07) is 0.653.